The lowest BCUT2D eigenvalue weighted by Gasteiger charge is -2.19. The molecule has 0 unspecified atom stereocenters. The summed E-state index contributed by atoms with van der Waals surface area (Å²) in [5.41, 5.74) is 2.08. The van der Waals surface area contributed by atoms with Gasteiger partial charge in [-0.25, -0.2) is 14.4 Å². The van der Waals surface area contributed by atoms with Crippen molar-refractivity contribution >= 4 is 29.9 Å². The summed E-state index contributed by atoms with van der Waals surface area (Å²) >= 11 is 0. The van der Waals surface area contributed by atoms with Crippen LogP contribution in [0.25, 0.3) is 0 Å². The Labute approximate surface area is 176 Å². The largest absolute Gasteiger partial charge is 0.481 e. The maximum atomic E-state index is 13.5. The molecular weight excluding hydrogens is 458 g/mol. The number of guanidine groups is 1. The van der Waals surface area contributed by atoms with E-state index in [-0.39, 0.29) is 35.2 Å². The van der Waals surface area contributed by atoms with Gasteiger partial charge in [0, 0.05) is 30.8 Å². The number of aromatic nitrogens is 1. The molecule has 3 rings (SSSR count). The van der Waals surface area contributed by atoms with Gasteiger partial charge in [-0.2, -0.15) is 0 Å². The van der Waals surface area contributed by atoms with Gasteiger partial charge in [-0.05, 0) is 43.0 Å². The summed E-state index contributed by atoms with van der Waals surface area (Å²) in [5.74, 6) is 1.17. The van der Waals surface area contributed by atoms with Crippen molar-refractivity contribution in [3.63, 3.8) is 0 Å². The Kier molecular flexibility index (Phi) is 7.82. The third kappa shape index (κ3) is 5.79. The predicted molar refractivity (Wildman–Crippen MR) is 116 cm³/mol. The molecule has 5 nitrogen and oxygen atoms in total. The number of nitrogens with zero attached hydrogens (tertiary/aromatic N) is 2. The molecule has 2 N–H and O–H groups in total. The SMILES string of the molecule is CCNC(=NCc1ccc(OC)nc1)NCC1(c2cccc(F)c2)CC1.I. The van der Waals surface area contributed by atoms with Crippen molar-refractivity contribution in [1.29, 1.82) is 0 Å². The monoisotopic (exact) mass is 484 g/mol. The maximum absolute atomic E-state index is 13.5. The first kappa shape index (κ1) is 21.4. The molecule has 1 saturated carbocycles. The smallest absolute Gasteiger partial charge is 0.212 e. The molecule has 7 heteroatoms. The van der Waals surface area contributed by atoms with Gasteiger partial charge in [0.1, 0.15) is 5.82 Å². The molecule has 1 fully saturated rings. The van der Waals surface area contributed by atoms with Gasteiger partial charge in [-0.3, -0.25) is 0 Å². The van der Waals surface area contributed by atoms with E-state index in [1.807, 2.05) is 25.1 Å². The second-order valence-electron chi connectivity index (χ2n) is 6.55. The van der Waals surface area contributed by atoms with Crippen LogP contribution in [-0.4, -0.2) is 31.1 Å². The summed E-state index contributed by atoms with van der Waals surface area (Å²) in [6.45, 7) is 4.08. The van der Waals surface area contributed by atoms with Crippen LogP contribution in [0.5, 0.6) is 5.88 Å². The lowest BCUT2D eigenvalue weighted by atomic mass is 9.96. The molecule has 0 saturated heterocycles. The van der Waals surface area contributed by atoms with Crippen molar-refractivity contribution in [2.75, 3.05) is 20.2 Å². The molecule has 0 bridgehead atoms. The third-order valence-corrected chi connectivity index (χ3v) is 4.66. The van der Waals surface area contributed by atoms with E-state index in [0.717, 1.165) is 43.0 Å². The Bertz CT molecular complexity index is 763. The van der Waals surface area contributed by atoms with E-state index in [1.165, 1.54) is 6.07 Å². The number of nitrogens with one attached hydrogen (secondary N) is 2. The van der Waals surface area contributed by atoms with Crippen LogP contribution in [0.1, 0.15) is 30.9 Å². The van der Waals surface area contributed by atoms with E-state index in [1.54, 1.807) is 25.4 Å². The van der Waals surface area contributed by atoms with Gasteiger partial charge >= 0.3 is 0 Å². The molecule has 2 aromatic rings. The quantitative estimate of drug-likeness (QED) is 0.358. The zero-order chi connectivity index (χ0) is 18.4. The summed E-state index contributed by atoms with van der Waals surface area (Å²) in [4.78, 5) is 8.82. The minimum absolute atomic E-state index is 0. The normalized spacial score (nSPS) is 14.9. The molecule has 0 amide bonds. The summed E-state index contributed by atoms with van der Waals surface area (Å²) in [6.07, 6.45) is 3.89. The number of ether oxygens (including phenoxy) is 1. The Morgan fingerprint density at radius 3 is 2.67 bits per heavy atom. The van der Waals surface area contributed by atoms with Crippen LogP contribution in [0.15, 0.2) is 47.6 Å². The predicted octanol–water partition coefficient (Wildman–Crippen LogP) is 3.63. The van der Waals surface area contributed by atoms with E-state index in [9.17, 15) is 4.39 Å². The molecule has 1 aliphatic carbocycles. The Morgan fingerprint density at radius 2 is 2.07 bits per heavy atom. The molecule has 1 heterocycles. The van der Waals surface area contributed by atoms with Crippen LogP contribution in [-0.2, 0) is 12.0 Å². The van der Waals surface area contributed by atoms with Crippen molar-refractivity contribution in [3.05, 3.63) is 59.5 Å². The number of hydrogen-bond acceptors (Lipinski definition) is 3. The molecule has 1 aromatic carbocycles. The number of rotatable bonds is 7. The summed E-state index contributed by atoms with van der Waals surface area (Å²) < 4.78 is 18.6. The lowest BCUT2D eigenvalue weighted by Crippen LogP contribution is -2.41. The molecule has 0 atom stereocenters. The topological polar surface area (TPSA) is 58.5 Å². The Balaban J connectivity index is 0.00000261. The standard InChI is InChI=1S/C20H25FN4O.HI/c1-3-22-19(24-13-15-7-8-18(26-2)23-12-15)25-14-20(9-10-20)16-5-4-6-17(21)11-16;/h4-8,11-12H,3,9-10,13-14H2,1-2H3,(H2,22,24,25);1H. The first-order valence-corrected chi connectivity index (χ1v) is 8.92. The fourth-order valence-electron chi connectivity index (χ4n) is 2.93. The van der Waals surface area contributed by atoms with Gasteiger partial charge in [-0.15, -0.1) is 24.0 Å². The maximum Gasteiger partial charge on any atom is 0.212 e. The van der Waals surface area contributed by atoms with Crippen molar-refractivity contribution < 1.29 is 9.13 Å². The van der Waals surface area contributed by atoms with Gasteiger partial charge in [0.05, 0.1) is 13.7 Å². The molecule has 0 spiro atoms. The molecule has 0 radical (unpaired) electrons. The van der Waals surface area contributed by atoms with Crippen LogP contribution in [0.2, 0.25) is 0 Å². The first-order chi connectivity index (χ1) is 12.6. The van der Waals surface area contributed by atoms with Gasteiger partial charge in [0.15, 0.2) is 5.96 Å². The highest BCUT2D eigenvalue weighted by molar-refractivity contribution is 14.0. The second kappa shape index (κ2) is 9.87. The number of benzene rings is 1. The van der Waals surface area contributed by atoms with E-state index in [0.29, 0.717) is 12.4 Å². The van der Waals surface area contributed by atoms with Crippen molar-refractivity contribution in [3.8, 4) is 5.88 Å². The fraction of sp³-hybridized carbons (Fsp3) is 0.400. The molecule has 146 valence electrons. The number of methoxy groups -OCH3 is 1. The van der Waals surface area contributed by atoms with E-state index < -0.39 is 0 Å². The van der Waals surface area contributed by atoms with Crippen LogP contribution in [0.4, 0.5) is 4.39 Å². The zero-order valence-electron chi connectivity index (χ0n) is 15.7. The number of hydrogen-bond donors (Lipinski definition) is 2. The Morgan fingerprint density at radius 1 is 1.26 bits per heavy atom. The van der Waals surface area contributed by atoms with E-state index in [4.69, 9.17) is 4.74 Å². The highest BCUT2D eigenvalue weighted by Crippen LogP contribution is 2.47. The second-order valence-corrected chi connectivity index (χ2v) is 6.55. The average Bonchev–Trinajstić information content (AvgIpc) is 3.46. The Hall–Kier alpha value is -1.90. The first-order valence-electron chi connectivity index (χ1n) is 8.92. The van der Waals surface area contributed by atoms with Gasteiger partial charge in [-0.1, -0.05) is 18.2 Å². The number of halogens is 2. The van der Waals surface area contributed by atoms with Crippen molar-refractivity contribution in [2.45, 2.75) is 31.7 Å². The molecular formula is C20H26FIN4O. The van der Waals surface area contributed by atoms with Gasteiger partial charge in [0.25, 0.3) is 0 Å². The molecule has 27 heavy (non-hydrogen) atoms. The van der Waals surface area contributed by atoms with Crippen LogP contribution < -0.4 is 15.4 Å². The number of pyridine rings is 1. The van der Waals surface area contributed by atoms with E-state index >= 15 is 0 Å². The summed E-state index contributed by atoms with van der Waals surface area (Å²) in [5, 5.41) is 6.66. The summed E-state index contributed by atoms with van der Waals surface area (Å²) in [7, 11) is 1.60. The molecule has 0 aliphatic heterocycles. The molecule has 1 aliphatic rings. The molecule has 1 aromatic heterocycles. The highest BCUT2D eigenvalue weighted by atomic mass is 127. The lowest BCUT2D eigenvalue weighted by molar-refractivity contribution is 0.397. The van der Waals surface area contributed by atoms with Gasteiger partial charge in [0.2, 0.25) is 5.88 Å². The minimum atomic E-state index is -0.179. The zero-order valence-corrected chi connectivity index (χ0v) is 18.0. The van der Waals surface area contributed by atoms with E-state index in [2.05, 4.69) is 20.6 Å². The average molecular weight is 484 g/mol. The summed E-state index contributed by atoms with van der Waals surface area (Å²) in [6, 6.07) is 10.7. The van der Waals surface area contributed by atoms with Crippen molar-refractivity contribution in [2.24, 2.45) is 4.99 Å². The van der Waals surface area contributed by atoms with Crippen molar-refractivity contribution in [1.82, 2.24) is 15.6 Å². The fourth-order valence-corrected chi connectivity index (χ4v) is 2.93. The van der Waals surface area contributed by atoms with Gasteiger partial charge < -0.3 is 15.4 Å². The van der Waals surface area contributed by atoms with Crippen LogP contribution in [0, 0.1) is 5.82 Å². The van der Waals surface area contributed by atoms with Crippen LogP contribution in [0.3, 0.4) is 0 Å². The highest BCUT2D eigenvalue weighted by Gasteiger charge is 2.44. The van der Waals surface area contributed by atoms with Crippen LogP contribution >= 0.6 is 24.0 Å². The number of aliphatic imine (C=N–C) groups is 1. The minimum Gasteiger partial charge on any atom is -0.481 e. The third-order valence-electron chi connectivity index (χ3n) is 4.66.